The summed E-state index contributed by atoms with van der Waals surface area (Å²) in [5, 5.41) is 32.3. The molecule has 4 aromatic carbocycles. The number of aromatic nitrogens is 2. The first-order chi connectivity index (χ1) is 22.2. The zero-order valence-electron chi connectivity index (χ0n) is 25.8. The molecular formula is C32H30N4O10. The molecule has 238 valence electrons. The van der Waals surface area contributed by atoms with Crippen LogP contribution >= 0.6 is 0 Å². The number of rotatable bonds is 10. The summed E-state index contributed by atoms with van der Waals surface area (Å²) < 4.78 is 33.4. The van der Waals surface area contributed by atoms with Crippen molar-refractivity contribution >= 4 is 45.3 Å². The Morgan fingerprint density at radius 1 is 0.522 bits per heavy atom. The smallest absolute Gasteiger partial charge is 0.292 e. The Kier molecular flexibility index (Phi) is 8.71. The quantitative estimate of drug-likeness (QED) is 0.132. The molecule has 1 heterocycles. The molecule has 5 aromatic rings. The molecule has 2 N–H and O–H groups in total. The first-order valence-corrected chi connectivity index (χ1v) is 13.6. The Morgan fingerprint density at radius 3 is 1.13 bits per heavy atom. The number of benzene rings is 4. The number of amides is 2. The third-order valence-electron chi connectivity index (χ3n) is 7.22. The minimum atomic E-state index is -0.643. The number of methoxy groups -OCH3 is 6. The van der Waals surface area contributed by atoms with E-state index in [4.69, 9.17) is 28.4 Å². The van der Waals surface area contributed by atoms with Crippen molar-refractivity contribution in [3.05, 3.63) is 82.2 Å². The molecule has 14 heteroatoms. The summed E-state index contributed by atoms with van der Waals surface area (Å²) in [6, 6.07) is 14.7. The van der Waals surface area contributed by atoms with E-state index in [1.807, 2.05) is 0 Å². The van der Waals surface area contributed by atoms with Gasteiger partial charge in [-0.2, -0.15) is 9.46 Å². The first-order valence-electron chi connectivity index (χ1n) is 13.6. The van der Waals surface area contributed by atoms with Crippen LogP contribution in [0.1, 0.15) is 20.7 Å². The summed E-state index contributed by atoms with van der Waals surface area (Å²) in [6.45, 7) is 0. The molecule has 5 rings (SSSR count). The highest BCUT2D eigenvalue weighted by Gasteiger charge is 2.26. The molecule has 0 bridgehead atoms. The normalized spacial score (nSPS) is 10.7. The van der Waals surface area contributed by atoms with E-state index >= 15 is 0 Å². The first kappa shape index (κ1) is 31.3. The molecule has 2 amide bonds. The van der Waals surface area contributed by atoms with Gasteiger partial charge >= 0.3 is 0 Å². The average Bonchev–Trinajstić information content (AvgIpc) is 3.09. The number of ether oxygens (including phenoxy) is 6. The van der Waals surface area contributed by atoms with E-state index in [1.54, 1.807) is 12.1 Å². The van der Waals surface area contributed by atoms with Crippen molar-refractivity contribution in [3.63, 3.8) is 0 Å². The second-order valence-corrected chi connectivity index (χ2v) is 9.70. The fourth-order valence-corrected chi connectivity index (χ4v) is 4.99. The van der Waals surface area contributed by atoms with Crippen LogP contribution in [0.2, 0.25) is 0 Å². The summed E-state index contributed by atoms with van der Waals surface area (Å²) in [5.41, 5.74) is 0.383. The second kappa shape index (κ2) is 12.8. The van der Waals surface area contributed by atoms with Gasteiger partial charge in [-0.3, -0.25) is 9.59 Å². The SMILES string of the molecule is COc1cc(C(=O)Nc2cc3c(cc2NC(=O)c2cc(OC)c(OC)c(OC)c2)[n+]([O-])c2ccccc2[n+]3[O-])cc(OC)c1OC. The number of hydrogen-bond donors (Lipinski definition) is 2. The van der Waals surface area contributed by atoms with Crippen LogP contribution in [-0.4, -0.2) is 54.5 Å². The number of nitrogens with one attached hydrogen (secondary N) is 2. The highest BCUT2D eigenvalue weighted by atomic mass is 16.5. The van der Waals surface area contributed by atoms with Crippen molar-refractivity contribution in [2.75, 3.05) is 53.3 Å². The Bertz CT molecular complexity index is 1800. The molecule has 14 nitrogen and oxygen atoms in total. The van der Waals surface area contributed by atoms with Crippen LogP contribution in [0.4, 0.5) is 11.4 Å². The third-order valence-corrected chi connectivity index (χ3v) is 7.22. The number of hydrogen-bond acceptors (Lipinski definition) is 10. The number of carbonyl (C=O) groups is 2. The van der Waals surface area contributed by atoms with E-state index in [9.17, 15) is 20.0 Å². The van der Waals surface area contributed by atoms with Crippen molar-refractivity contribution in [2.24, 2.45) is 0 Å². The zero-order chi connectivity index (χ0) is 33.1. The summed E-state index contributed by atoms with van der Waals surface area (Å²) in [4.78, 5) is 27.2. The van der Waals surface area contributed by atoms with E-state index in [0.29, 0.717) is 9.46 Å². The maximum atomic E-state index is 13.6. The highest BCUT2D eigenvalue weighted by molar-refractivity contribution is 6.12. The standard InChI is InChI=1S/C32H30N4O10/c1-41-25-11-17(12-26(42-2)29(25)45-5)31(37)33-19-15-23-24(36(40)22-10-8-7-9-21(22)35(23)39)16-20(19)34-32(38)18-13-27(43-3)30(46-6)28(14-18)44-4/h7-16H,1-6H3,(H,33,37)(H,34,38). The molecular weight excluding hydrogens is 600 g/mol. The molecule has 0 fully saturated rings. The zero-order valence-corrected chi connectivity index (χ0v) is 25.8. The van der Waals surface area contributed by atoms with Gasteiger partial charge in [-0.05, 0) is 24.3 Å². The van der Waals surface area contributed by atoms with Crippen molar-refractivity contribution < 1.29 is 47.5 Å². The van der Waals surface area contributed by atoms with E-state index in [-0.39, 0.29) is 79.1 Å². The highest BCUT2D eigenvalue weighted by Crippen LogP contribution is 2.40. The Labute approximate surface area is 262 Å². The largest absolute Gasteiger partial charge is 0.617 e. The molecule has 0 saturated heterocycles. The van der Waals surface area contributed by atoms with Crippen LogP contribution in [0.5, 0.6) is 34.5 Å². The summed E-state index contributed by atoms with van der Waals surface area (Å²) >= 11 is 0. The van der Waals surface area contributed by atoms with Gasteiger partial charge < -0.3 is 49.5 Å². The van der Waals surface area contributed by atoms with Crippen molar-refractivity contribution in [3.8, 4) is 34.5 Å². The fourth-order valence-electron chi connectivity index (χ4n) is 4.99. The molecule has 0 aliphatic rings. The Balaban J connectivity index is 1.66. The van der Waals surface area contributed by atoms with Crippen LogP contribution < -0.4 is 48.5 Å². The minimum absolute atomic E-state index is 0.0203. The Morgan fingerprint density at radius 2 is 0.848 bits per heavy atom. The summed E-state index contributed by atoms with van der Waals surface area (Å²) in [7, 11) is 8.51. The van der Waals surface area contributed by atoms with Gasteiger partial charge in [-0.15, -0.1) is 0 Å². The molecule has 0 aliphatic heterocycles. The average molecular weight is 631 g/mol. The van der Waals surface area contributed by atoms with Gasteiger partial charge in [0, 0.05) is 35.4 Å². The predicted octanol–water partition coefficient (Wildman–Crippen LogP) is 3.82. The summed E-state index contributed by atoms with van der Waals surface area (Å²) in [6.07, 6.45) is 0. The van der Waals surface area contributed by atoms with Gasteiger partial charge in [-0.1, -0.05) is 12.1 Å². The lowest BCUT2D eigenvalue weighted by Gasteiger charge is -2.17. The van der Waals surface area contributed by atoms with Gasteiger partial charge in [0.25, 0.3) is 33.9 Å². The number of carbonyl (C=O) groups excluding carboxylic acids is 2. The van der Waals surface area contributed by atoms with Crippen molar-refractivity contribution in [2.45, 2.75) is 0 Å². The van der Waals surface area contributed by atoms with Crippen molar-refractivity contribution in [1.29, 1.82) is 0 Å². The number of fused-ring (bicyclic) bond motifs is 2. The van der Waals surface area contributed by atoms with Crippen molar-refractivity contribution in [1.82, 2.24) is 0 Å². The number of anilines is 2. The predicted molar refractivity (Wildman–Crippen MR) is 167 cm³/mol. The lowest BCUT2D eigenvalue weighted by Crippen LogP contribution is -2.39. The monoisotopic (exact) mass is 630 g/mol. The van der Waals surface area contributed by atoms with Crippen LogP contribution in [0, 0.1) is 10.4 Å². The molecule has 0 radical (unpaired) electrons. The van der Waals surface area contributed by atoms with Gasteiger partial charge in [0.1, 0.15) is 0 Å². The van der Waals surface area contributed by atoms with Gasteiger partial charge in [-0.25, -0.2) is 0 Å². The lowest BCUT2D eigenvalue weighted by atomic mass is 10.1. The van der Waals surface area contributed by atoms with Gasteiger partial charge in [0.15, 0.2) is 23.0 Å². The van der Waals surface area contributed by atoms with Gasteiger partial charge in [0.05, 0.1) is 54.0 Å². The summed E-state index contributed by atoms with van der Waals surface area (Å²) in [5.74, 6) is 0.214. The molecule has 46 heavy (non-hydrogen) atoms. The van der Waals surface area contributed by atoms with Crippen LogP contribution in [0.15, 0.2) is 60.7 Å². The van der Waals surface area contributed by atoms with E-state index < -0.39 is 11.8 Å². The Hall–Kier alpha value is -6.18. The van der Waals surface area contributed by atoms with E-state index in [1.165, 1.54) is 91.2 Å². The maximum absolute atomic E-state index is 13.6. The number of nitrogens with zero attached hydrogens (tertiary/aromatic N) is 2. The lowest BCUT2D eigenvalue weighted by molar-refractivity contribution is -0.591. The van der Waals surface area contributed by atoms with E-state index in [2.05, 4.69) is 10.6 Å². The van der Waals surface area contributed by atoms with Crippen LogP contribution in [0.3, 0.4) is 0 Å². The second-order valence-electron chi connectivity index (χ2n) is 9.70. The molecule has 0 spiro atoms. The third kappa shape index (κ3) is 5.47. The van der Waals surface area contributed by atoms with Gasteiger partial charge in [0.2, 0.25) is 11.5 Å². The number of para-hydroxylation sites is 2. The maximum Gasteiger partial charge on any atom is 0.292 e. The molecule has 1 aromatic heterocycles. The molecule has 0 unspecified atom stereocenters. The fraction of sp³-hybridized carbons (Fsp3) is 0.188. The molecule has 0 atom stereocenters. The topological polar surface area (TPSA) is 167 Å². The minimum Gasteiger partial charge on any atom is -0.617 e. The van der Waals surface area contributed by atoms with Crippen LogP contribution in [-0.2, 0) is 0 Å². The molecule has 0 saturated carbocycles. The molecule has 0 aliphatic carbocycles. The van der Waals surface area contributed by atoms with Crippen LogP contribution in [0.25, 0.3) is 22.1 Å². The van der Waals surface area contributed by atoms with E-state index in [0.717, 1.165) is 0 Å².